The second-order valence-electron chi connectivity index (χ2n) is 7.12. The van der Waals surface area contributed by atoms with E-state index in [1.165, 1.54) is 17.7 Å². The Morgan fingerprint density at radius 3 is 2.96 bits per heavy atom. The minimum Gasteiger partial charge on any atom is -0.338 e. The molecule has 0 spiro atoms. The van der Waals surface area contributed by atoms with Crippen LogP contribution < -0.4 is 0 Å². The van der Waals surface area contributed by atoms with Gasteiger partial charge in [-0.1, -0.05) is 13.0 Å². The number of aromatic nitrogens is 3. The Balaban J connectivity index is 1.69. The molecule has 0 atom stereocenters. The highest BCUT2D eigenvalue weighted by Crippen LogP contribution is 2.31. The zero-order valence-electron chi connectivity index (χ0n) is 15.3. The van der Waals surface area contributed by atoms with Crippen LogP contribution in [0, 0.1) is 12.8 Å². The average molecular weight is 369 g/mol. The highest BCUT2D eigenvalue weighted by molar-refractivity contribution is 7.09. The predicted molar refractivity (Wildman–Crippen MR) is 105 cm³/mol. The largest absolute Gasteiger partial charge is 0.338 e. The molecule has 6 heteroatoms. The van der Waals surface area contributed by atoms with E-state index >= 15 is 0 Å². The maximum Gasteiger partial charge on any atom is 0.254 e. The van der Waals surface area contributed by atoms with Crippen molar-refractivity contribution in [2.45, 2.75) is 39.7 Å². The number of carbonyl (C=O) groups is 1. The fraction of sp³-hybridized carbons (Fsp3) is 0.450. The Morgan fingerprint density at radius 1 is 1.42 bits per heavy atom. The number of thiophene rings is 1. The molecule has 0 unspecified atom stereocenters. The lowest BCUT2D eigenvalue weighted by molar-refractivity contribution is 0.0749. The van der Waals surface area contributed by atoms with Crippen LogP contribution in [0.25, 0.3) is 11.0 Å². The first kappa shape index (κ1) is 17.2. The molecule has 0 radical (unpaired) electrons. The van der Waals surface area contributed by atoms with Gasteiger partial charge in [-0.25, -0.2) is 9.67 Å². The number of hydrogen-bond donors (Lipinski definition) is 0. The Morgan fingerprint density at radius 2 is 2.27 bits per heavy atom. The maximum atomic E-state index is 13.3. The summed E-state index contributed by atoms with van der Waals surface area (Å²) in [5.74, 6) is 0.801. The molecular weight excluding hydrogens is 344 g/mol. The smallest absolute Gasteiger partial charge is 0.254 e. The first-order valence-electron chi connectivity index (χ1n) is 9.30. The standard InChI is InChI=1S/C20H24N4OS/c1-3-8-23(12-15-6-7-15)20(25)17-10-14(2)22-19-18(17)11-21-24(19)13-16-5-4-9-26-16/h4-5,9-11,15H,3,6-8,12-13H2,1-2H3. The molecule has 1 amide bonds. The van der Waals surface area contributed by atoms with Crippen molar-refractivity contribution in [3.05, 3.63) is 45.9 Å². The lowest BCUT2D eigenvalue weighted by atomic mass is 10.1. The second kappa shape index (κ2) is 7.19. The summed E-state index contributed by atoms with van der Waals surface area (Å²) in [6.07, 6.45) is 5.27. The fourth-order valence-electron chi connectivity index (χ4n) is 3.34. The van der Waals surface area contributed by atoms with E-state index in [1.807, 2.05) is 28.6 Å². The van der Waals surface area contributed by atoms with Gasteiger partial charge in [0, 0.05) is 23.7 Å². The molecule has 1 aliphatic rings. The first-order chi connectivity index (χ1) is 12.7. The fourth-order valence-corrected chi connectivity index (χ4v) is 4.03. The van der Waals surface area contributed by atoms with Crippen molar-refractivity contribution in [2.24, 2.45) is 5.92 Å². The molecular formula is C20H24N4OS. The van der Waals surface area contributed by atoms with Crippen molar-refractivity contribution in [1.82, 2.24) is 19.7 Å². The number of nitrogens with zero attached hydrogens (tertiary/aromatic N) is 4. The molecule has 0 N–H and O–H groups in total. The minimum atomic E-state index is 0.116. The molecule has 1 aliphatic carbocycles. The molecule has 0 aliphatic heterocycles. The number of rotatable bonds is 7. The van der Waals surface area contributed by atoms with Crippen LogP contribution in [0.3, 0.4) is 0 Å². The SMILES string of the molecule is CCCN(CC1CC1)C(=O)c1cc(C)nc2c1cnn2Cc1cccs1. The van der Waals surface area contributed by atoms with E-state index in [9.17, 15) is 4.79 Å². The summed E-state index contributed by atoms with van der Waals surface area (Å²) in [6.45, 7) is 6.44. The van der Waals surface area contributed by atoms with E-state index in [0.29, 0.717) is 12.5 Å². The quantitative estimate of drug-likeness (QED) is 0.630. The van der Waals surface area contributed by atoms with Gasteiger partial charge >= 0.3 is 0 Å². The second-order valence-corrected chi connectivity index (χ2v) is 8.16. The lowest BCUT2D eigenvalue weighted by Gasteiger charge is -2.22. The Hall–Kier alpha value is -2.21. The van der Waals surface area contributed by atoms with Crippen molar-refractivity contribution in [3.63, 3.8) is 0 Å². The molecule has 0 bridgehead atoms. The van der Waals surface area contributed by atoms with Crippen molar-refractivity contribution in [1.29, 1.82) is 0 Å². The van der Waals surface area contributed by atoms with E-state index in [4.69, 9.17) is 0 Å². The van der Waals surface area contributed by atoms with Gasteiger partial charge in [0.15, 0.2) is 5.65 Å². The molecule has 0 saturated heterocycles. The molecule has 4 rings (SSSR count). The Kier molecular flexibility index (Phi) is 4.76. The Bertz CT molecular complexity index is 911. The van der Waals surface area contributed by atoms with Crippen LogP contribution in [0.5, 0.6) is 0 Å². The van der Waals surface area contributed by atoms with Gasteiger partial charge in [-0.3, -0.25) is 4.79 Å². The van der Waals surface area contributed by atoms with Crippen LogP contribution in [0.2, 0.25) is 0 Å². The topological polar surface area (TPSA) is 51.0 Å². The number of amides is 1. The van der Waals surface area contributed by atoms with Crippen molar-refractivity contribution in [3.8, 4) is 0 Å². The summed E-state index contributed by atoms with van der Waals surface area (Å²) in [5, 5.41) is 7.44. The Labute approximate surface area is 157 Å². The molecule has 3 heterocycles. The third-order valence-corrected chi connectivity index (χ3v) is 5.67. The average Bonchev–Trinajstić information content (AvgIpc) is 3.13. The molecule has 3 aromatic rings. The molecule has 1 fully saturated rings. The van der Waals surface area contributed by atoms with Crippen LogP contribution in [0.15, 0.2) is 29.8 Å². The highest BCUT2D eigenvalue weighted by Gasteiger charge is 2.28. The summed E-state index contributed by atoms with van der Waals surface area (Å²) in [7, 11) is 0. The lowest BCUT2D eigenvalue weighted by Crippen LogP contribution is -2.33. The van der Waals surface area contributed by atoms with Crippen LogP contribution in [0.1, 0.15) is 47.1 Å². The zero-order valence-corrected chi connectivity index (χ0v) is 16.1. The van der Waals surface area contributed by atoms with Gasteiger partial charge in [0.05, 0.1) is 23.7 Å². The van der Waals surface area contributed by atoms with E-state index in [1.54, 1.807) is 17.5 Å². The van der Waals surface area contributed by atoms with Gasteiger partial charge < -0.3 is 4.90 Å². The molecule has 5 nitrogen and oxygen atoms in total. The number of pyridine rings is 1. The third kappa shape index (κ3) is 3.51. The number of fused-ring (bicyclic) bond motifs is 1. The van der Waals surface area contributed by atoms with Gasteiger partial charge in [-0.15, -0.1) is 11.3 Å². The molecule has 26 heavy (non-hydrogen) atoms. The molecule has 3 aromatic heterocycles. The van der Waals surface area contributed by atoms with E-state index in [2.05, 4.69) is 28.5 Å². The normalized spacial score (nSPS) is 14.1. The van der Waals surface area contributed by atoms with Crippen LogP contribution >= 0.6 is 11.3 Å². The zero-order chi connectivity index (χ0) is 18.1. The van der Waals surface area contributed by atoms with Crippen molar-refractivity contribution in [2.75, 3.05) is 13.1 Å². The summed E-state index contributed by atoms with van der Waals surface area (Å²) >= 11 is 1.71. The maximum absolute atomic E-state index is 13.3. The molecule has 0 aromatic carbocycles. The number of carbonyl (C=O) groups excluding carboxylic acids is 1. The summed E-state index contributed by atoms with van der Waals surface area (Å²) in [4.78, 5) is 21.2. The van der Waals surface area contributed by atoms with Gasteiger partial charge in [0.2, 0.25) is 0 Å². The van der Waals surface area contributed by atoms with Gasteiger partial charge in [-0.05, 0) is 49.6 Å². The van der Waals surface area contributed by atoms with E-state index < -0.39 is 0 Å². The molecule has 136 valence electrons. The first-order valence-corrected chi connectivity index (χ1v) is 10.2. The van der Waals surface area contributed by atoms with E-state index in [0.717, 1.165) is 41.8 Å². The van der Waals surface area contributed by atoms with Crippen LogP contribution in [-0.2, 0) is 6.54 Å². The van der Waals surface area contributed by atoms with Crippen molar-refractivity contribution < 1.29 is 4.79 Å². The monoisotopic (exact) mass is 368 g/mol. The summed E-state index contributed by atoms with van der Waals surface area (Å²) in [6, 6.07) is 6.05. The predicted octanol–water partition coefficient (Wildman–Crippen LogP) is 4.11. The minimum absolute atomic E-state index is 0.116. The number of hydrogen-bond acceptors (Lipinski definition) is 4. The third-order valence-electron chi connectivity index (χ3n) is 4.81. The van der Waals surface area contributed by atoms with Gasteiger partial charge in [0.1, 0.15) is 0 Å². The van der Waals surface area contributed by atoms with Crippen molar-refractivity contribution >= 4 is 28.3 Å². The van der Waals surface area contributed by atoms with Crippen LogP contribution in [0.4, 0.5) is 0 Å². The highest BCUT2D eigenvalue weighted by atomic mass is 32.1. The summed E-state index contributed by atoms with van der Waals surface area (Å²) < 4.78 is 1.90. The van der Waals surface area contributed by atoms with E-state index in [-0.39, 0.29) is 5.91 Å². The van der Waals surface area contributed by atoms with Gasteiger partial charge in [0.25, 0.3) is 5.91 Å². The molecule has 1 saturated carbocycles. The number of aryl methyl sites for hydroxylation is 1. The van der Waals surface area contributed by atoms with Crippen LogP contribution in [-0.4, -0.2) is 38.7 Å². The van der Waals surface area contributed by atoms with Gasteiger partial charge in [-0.2, -0.15) is 5.10 Å². The summed E-state index contributed by atoms with van der Waals surface area (Å²) in [5.41, 5.74) is 2.39.